The van der Waals surface area contributed by atoms with E-state index in [1.807, 2.05) is 24.3 Å². The monoisotopic (exact) mass is 433 g/mol. The van der Waals surface area contributed by atoms with Crippen molar-refractivity contribution in [1.82, 2.24) is 4.90 Å². The lowest BCUT2D eigenvalue weighted by Gasteiger charge is -2.35. The molecule has 0 aromatic heterocycles. The highest BCUT2D eigenvalue weighted by atomic mass is 35.5. The average molecular weight is 434 g/mol. The molecule has 0 bridgehead atoms. The van der Waals surface area contributed by atoms with Crippen molar-refractivity contribution in [2.45, 2.75) is 38.3 Å². The van der Waals surface area contributed by atoms with Crippen molar-refractivity contribution in [3.05, 3.63) is 63.1 Å². The summed E-state index contributed by atoms with van der Waals surface area (Å²) in [6, 6.07) is 12.3. The standard InChI is InChI=1S/C23H25Cl2NO3/c1-28-23(27)15-9-11-26(12-10-15)22-8-5-16-13-17(6-7-18(16)22)29-14-19-20(24)3-2-4-21(19)25/h2-4,6-7,13,15,22H,5,8-12,14H2,1H3. The zero-order chi connectivity index (χ0) is 20.4. The summed E-state index contributed by atoms with van der Waals surface area (Å²) in [5.74, 6) is 0.811. The first-order chi connectivity index (χ1) is 14.1. The van der Waals surface area contributed by atoms with E-state index in [4.69, 9.17) is 32.7 Å². The second-order valence-electron chi connectivity index (χ2n) is 7.74. The maximum atomic E-state index is 11.8. The van der Waals surface area contributed by atoms with Crippen molar-refractivity contribution in [2.24, 2.45) is 5.92 Å². The lowest BCUT2D eigenvalue weighted by atomic mass is 9.94. The number of benzene rings is 2. The number of rotatable bonds is 5. The number of nitrogens with zero attached hydrogens (tertiary/aromatic N) is 1. The van der Waals surface area contributed by atoms with E-state index in [1.54, 1.807) is 0 Å². The van der Waals surface area contributed by atoms with Crippen LogP contribution in [0.5, 0.6) is 5.75 Å². The number of esters is 1. The van der Waals surface area contributed by atoms with Gasteiger partial charge in [-0.05, 0) is 74.2 Å². The van der Waals surface area contributed by atoms with Crippen molar-refractivity contribution in [2.75, 3.05) is 20.2 Å². The van der Waals surface area contributed by atoms with Crippen LogP contribution >= 0.6 is 23.2 Å². The van der Waals surface area contributed by atoms with Crippen LogP contribution in [0.3, 0.4) is 0 Å². The number of ether oxygens (including phenoxy) is 2. The first kappa shape index (κ1) is 20.5. The number of fused-ring (bicyclic) bond motifs is 1. The lowest BCUT2D eigenvalue weighted by Crippen LogP contribution is -2.38. The Hall–Kier alpha value is -1.75. The SMILES string of the molecule is COC(=O)C1CCN(C2CCc3cc(OCc4c(Cl)cccc4Cl)ccc32)CC1. The summed E-state index contributed by atoms with van der Waals surface area (Å²) in [7, 11) is 1.47. The molecule has 0 spiro atoms. The molecule has 154 valence electrons. The molecular weight excluding hydrogens is 409 g/mol. The summed E-state index contributed by atoms with van der Waals surface area (Å²) in [6.45, 7) is 2.22. The quantitative estimate of drug-likeness (QED) is 0.587. The molecular formula is C23H25Cl2NO3. The third-order valence-electron chi connectivity index (χ3n) is 6.11. The van der Waals surface area contributed by atoms with Gasteiger partial charge < -0.3 is 9.47 Å². The zero-order valence-corrected chi connectivity index (χ0v) is 18.0. The van der Waals surface area contributed by atoms with Crippen molar-refractivity contribution < 1.29 is 14.3 Å². The molecule has 0 saturated carbocycles. The molecule has 0 N–H and O–H groups in total. The molecule has 2 aromatic carbocycles. The van der Waals surface area contributed by atoms with Crippen molar-refractivity contribution in [3.8, 4) is 5.75 Å². The zero-order valence-electron chi connectivity index (χ0n) is 16.5. The van der Waals surface area contributed by atoms with Crippen LogP contribution in [0.4, 0.5) is 0 Å². The van der Waals surface area contributed by atoms with Crippen molar-refractivity contribution >= 4 is 29.2 Å². The molecule has 29 heavy (non-hydrogen) atoms. The van der Waals surface area contributed by atoms with E-state index >= 15 is 0 Å². The molecule has 0 radical (unpaired) electrons. The molecule has 1 aliphatic carbocycles. The number of hydrogen-bond donors (Lipinski definition) is 0. The van der Waals surface area contributed by atoms with Gasteiger partial charge in [-0.15, -0.1) is 0 Å². The summed E-state index contributed by atoms with van der Waals surface area (Å²) >= 11 is 12.5. The van der Waals surface area contributed by atoms with Gasteiger partial charge in [0, 0.05) is 21.7 Å². The number of halogens is 2. The highest BCUT2D eigenvalue weighted by molar-refractivity contribution is 6.35. The third kappa shape index (κ3) is 4.40. The Morgan fingerprint density at radius 1 is 1.10 bits per heavy atom. The van der Waals surface area contributed by atoms with Crippen molar-refractivity contribution in [3.63, 3.8) is 0 Å². The van der Waals surface area contributed by atoms with Gasteiger partial charge in [0.05, 0.1) is 13.0 Å². The molecule has 1 aliphatic heterocycles. The lowest BCUT2D eigenvalue weighted by molar-refractivity contribution is -0.147. The second kappa shape index (κ2) is 8.95. The predicted octanol–water partition coefficient (Wildman–Crippen LogP) is 5.44. The molecule has 0 amide bonds. The Kier molecular flexibility index (Phi) is 6.33. The van der Waals surface area contributed by atoms with Crippen LogP contribution in [0.1, 0.15) is 42.0 Å². The van der Waals surface area contributed by atoms with E-state index in [1.165, 1.54) is 18.2 Å². The summed E-state index contributed by atoms with van der Waals surface area (Å²) in [5.41, 5.74) is 3.53. The minimum atomic E-state index is -0.0723. The molecule has 1 fully saturated rings. The minimum absolute atomic E-state index is 0.0459. The van der Waals surface area contributed by atoms with Crippen LogP contribution in [0, 0.1) is 5.92 Å². The van der Waals surface area contributed by atoms with Crippen LogP contribution in [0.2, 0.25) is 10.0 Å². The number of carbonyl (C=O) groups excluding carboxylic acids is 1. The maximum Gasteiger partial charge on any atom is 0.308 e. The normalized spacial score (nSPS) is 19.8. The van der Waals surface area contributed by atoms with Gasteiger partial charge in [0.15, 0.2) is 0 Å². The number of methoxy groups -OCH3 is 1. The van der Waals surface area contributed by atoms with Gasteiger partial charge in [-0.1, -0.05) is 35.3 Å². The molecule has 4 rings (SSSR count). The fraction of sp³-hybridized carbons (Fsp3) is 0.435. The van der Waals surface area contributed by atoms with Crippen LogP contribution in [0.15, 0.2) is 36.4 Å². The fourth-order valence-electron chi connectivity index (χ4n) is 4.48. The van der Waals surface area contributed by atoms with Gasteiger partial charge in [0.2, 0.25) is 0 Å². The number of hydrogen-bond acceptors (Lipinski definition) is 4. The third-order valence-corrected chi connectivity index (χ3v) is 6.82. The van der Waals surface area contributed by atoms with E-state index in [0.717, 1.165) is 50.1 Å². The van der Waals surface area contributed by atoms with Gasteiger partial charge in [0.25, 0.3) is 0 Å². The Labute approximate surface area is 181 Å². The molecule has 4 nitrogen and oxygen atoms in total. The first-order valence-corrected chi connectivity index (χ1v) is 10.8. The van der Waals surface area contributed by atoms with Crippen LogP contribution < -0.4 is 4.74 Å². The molecule has 1 heterocycles. The predicted molar refractivity (Wildman–Crippen MR) is 115 cm³/mol. The summed E-state index contributed by atoms with van der Waals surface area (Å²) in [5, 5.41) is 1.24. The van der Waals surface area contributed by atoms with Gasteiger partial charge in [-0.2, -0.15) is 0 Å². The number of piperidine rings is 1. The number of carbonyl (C=O) groups is 1. The van der Waals surface area contributed by atoms with Crippen LogP contribution in [-0.2, 0) is 22.6 Å². The fourth-order valence-corrected chi connectivity index (χ4v) is 4.99. The minimum Gasteiger partial charge on any atom is -0.489 e. The second-order valence-corrected chi connectivity index (χ2v) is 8.55. The Bertz CT molecular complexity index is 873. The van der Waals surface area contributed by atoms with E-state index in [9.17, 15) is 4.79 Å². The van der Waals surface area contributed by atoms with Gasteiger partial charge >= 0.3 is 5.97 Å². The first-order valence-electron chi connectivity index (χ1n) is 10.1. The van der Waals surface area contributed by atoms with E-state index in [-0.39, 0.29) is 11.9 Å². The summed E-state index contributed by atoms with van der Waals surface area (Å²) in [4.78, 5) is 14.3. The maximum absolute atomic E-state index is 11.8. The largest absolute Gasteiger partial charge is 0.489 e. The summed E-state index contributed by atoms with van der Waals surface area (Å²) in [6.07, 6.45) is 3.90. The average Bonchev–Trinajstić information content (AvgIpc) is 3.16. The van der Waals surface area contributed by atoms with Gasteiger partial charge in [-0.25, -0.2) is 0 Å². The molecule has 6 heteroatoms. The number of likely N-dealkylation sites (tertiary alicyclic amines) is 1. The molecule has 1 unspecified atom stereocenters. The van der Waals surface area contributed by atoms with Gasteiger partial charge in [0.1, 0.15) is 12.4 Å². The molecule has 2 aliphatic rings. The van der Waals surface area contributed by atoms with E-state index in [0.29, 0.717) is 22.7 Å². The topological polar surface area (TPSA) is 38.8 Å². The highest BCUT2D eigenvalue weighted by Gasteiger charge is 2.33. The van der Waals surface area contributed by atoms with Crippen LogP contribution in [0.25, 0.3) is 0 Å². The smallest absolute Gasteiger partial charge is 0.308 e. The van der Waals surface area contributed by atoms with Crippen LogP contribution in [-0.4, -0.2) is 31.1 Å². The Morgan fingerprint density at radius 3 is 2.52 bits per heavy atom. The highest BCUT2D eigenvalue weighted by Crippen LogP contribution is 2.39. The summed E-state index contributed by atoms with van der Waals surface area (Å²) < 4.78 is 10.9. The van der Waals surface area contributed by atoms with Gasteiger partial charge in [-0.3, -0.25) is 9.69 Å². The Balaban J connectivity index is 1.40. The Morgan fingerprint density at radius 2 is 1.83 bits per heavy atom. The van der Waals surface area contributed by atoms with E-state index < -0.39 is 0 Å². The van der Waals surface area contributed by atoms with E-state index in [2.05, 4.69) is 17.0 Å². The molecule has 1 saturated heterocycles. The molecule has 2 aromatic rings. The number of aryl methyl sites for hydroxylation is 1. The van der Waals surface area contributed by atoms with Crippen molar-refractivity contribution in [1.29, 1.82) is 0 Å². The molecule has 1 atom stereocenters.